The minimum Gasteiger partial charge on any atom is -0.377 e. The number of ether oxygens (including phenoxy) is 7. The first-order valence-electron chi connectivity index (χ1n) is 12.1. The number of nitrogens with zero attached hydrogens (tertiary/aromatic N) is 1. The van der Waals surface area contributed by atoms with Gasteiger partial charge in [0.25, 0.3) is 11.8 Å². The van der Waals surface area contributed by atoms with Gasteiger partial charge in [0.05, 0.1) is 98.5 Å². The SMILES string of the molecule is O=C1C=CC(=O)N1CCOCCOCCOCCOCCOCCOCCOC1CCNCC1. The molecule has 1 N–H and O–H groups in total. The number of carbonyl (C=O) groups is 2. The van der Waals surface area contributed by atoms with E-state index in [2.05, 4.69) is 5.32 Å². The fourth-order valence-corrected chi connectivity index (χ4v) is 3.24. The molecule has 0 saturated carbocycles. The number of amides is 2. The number of imide groups is 1. The maximum atomic E-state index is 11.4. The van der Waals surface area contributed by atoms with E-state index in [1.165, 1.54) is 12.2 Å². The summed E-state index contributed by atoms with van der Waals surface area (Å²) in [4.78, 5) is 23.9. The van der Waals surface area contributed by atoms with E-state index in [1.807, 2.05) is 0 Å². The summed E-state index contributed by atoms with van der Waals surface area (Å²) in [6.07, 6.45) is 5.04. The Labute approximate surface area is 201 Å². The Hall–Kier alpha value is -1.44. The van der Waals surface area contributed by atoms with Crippen molar-refractivity contribution in [2.45, 2.75) is 18.9 Å². The van der Waals surface area contributed by atoms with Crippen LogP contribution >= 0.6 is 0 Å². The lowest BCUT2D eigenvalue weighted by atomic mass is 10.1. The molecule has 0 aromatic rings. The Balaban J connectivity index is 1.19. The molecule has 2 rings (SSSR count). The normalized spacial score (nSPS) is 16.8. The van der Waals surface area contributed by atoms with Crippen LogP contribution in [0.5, 0.6) is 0 Å². The maximum Gasteiger partial charge on any atom is 0.253 e. The van der Waals surface area contributed by atoms with Gasteiger partial charge in [-0.3, -0.25) is 14.5 Å². The average molecular weight is 489 g/mol. The van der Waals surface area contributed by atoms with E-state index in [-0.39, 0.29) is 18.4 Å². The highest BCUT2D eigenvalue weighted by Crippen LogP contribution is 2.06. The monoisotopic (exact) mass is 488 g/mol. The van der Waals surface area contributed by atoms with Gasteiger partial charge in [0.15, 0.2) is 0 Å². The van der Waals surface area contributed by atoms with E-state index in [9.17, 15) is 9.59 Å². The van der Waals surface area contributed by atoms with Crippen LogP contribution < -0.4 is 5.32 Å². The van der Waals surface area contributed by atoms with Crippen molar-refractivity contribution in [3.63, 3.8) is 0 Å². The number of rotatable bonds is 22. The molecule has 196 valence electrons. The Kier molecular flexibility index (Phi) is 16.8. The Morgan fingerprint density at radius 1 is 0.618 bits per heavy atom. The molecule has 0 unspecified atom stereocenters. The molecule has 11 nitrogen and oxygen atoms in total. The fourth-order valence-electron chi connectivity index (χ4n) is 3.24. The van der Waals surface area contributed by atoms with E-state index in [0.717, 1.165) is 30.8 Å². The van der Waals surface area contributed by atoms with Crippen molar-refractivity contribution in [2.24, 2.45) is 0 Å². The zero-order chi connectivity index (χ0) is 24.1. The summed E-state index contributed by atoms with van der Waals surface area (Å²) in [5.41, 5.74) is 0. The lowest BCUT2D eigenvalue weighted by molar-refractivity contribution is -0.137. The van der Waals surface area contributed by atoms with Crippen LogP contribution in [0, 0.1) is 0 Å². The van der Waals surface area contributed by atoms with Gasteiger partial charge in [-0.05, 0) is 25.9 Å². The summed E-state index contributed by atoms with van der Waals surface area (Å²) in [5, 5.41) is 3.32. The predicted octanol–water partition coefficient (Wildman–Crippen LogP) is -0.220. The smallest absolute Gasteiger partial charge is 0.253 e. The van der Waals surface area contributed by atoms with Crippen molar-refractivity contribution < 1.29 is 42.7 Å². The lowest BCUT2D eigenvalue weighted by Crippen LogP contribution is -2.33. The van der Waals surface area contributed by atoms with E-state index < -0.39 is 0 Å². The molecule has 1 fully saturated rings. The van der Waals surface area contributed by atoms with Crippen molar-refractivity contribution >= 4 is 11.8 Å². The second-order valence-corrected chi connectivity index (χ2v) is 7.66. The van der Waals surface area contributed by atoms with Gasteiger partial charge in [0.1, 0.15) is 0 Å². The zero-order valence-corrected chi connectivity index (χ0v) is 20.1. The van der Waals surface area contributed by atoms with Crippen molar-refractivity contribution in [1.82, 2.24) is 10.2 Å². The molecule has 11 heteroatoms. The van der Waals surface area contributed by atoms with Gasteiger partial charge < -0.3 is 38.5 Å². The third-order valence-electron chi connectivity index (χ3n) is 5.09. The quantitative estimate of drug-likeness (QED) is 0.162. The first-order valence-corrected chi connectivity index (χ1v) is 12.1. The van der Waals surface area contributed by atoms with Gasteiger partial charge in [-0.25, -0.2) is 0 Å². The van der Waals surface area contributed by atoms with Crippen molar-refractivity contribution in [1.29, 1.82) is 0 Å². The molecular formula is C23H40N2O9. The van der Waals surface area contributed by atoms with Crippen LogP contribution in [0.25, 0.3) is 0 Å². The molecule has 0 aromatic carbocycles. The van der Waals surface area contributed by atoms with Crippen LogP contribution in [-0.2, 0) is 42.7 Å². The van der Waals surface area contributed by atoms with Crippen LogP contribution in [0.15, 0.2) is 12.2 Å². The summed E-state index contributed by atoms with van der Waals surface area (Å²) in [7, 11) is 0. The zero-order valence-electron chi connectivity index (χ0n) is 20.1. The Bertz CT molecular complexity index is 553. The second kappa shape index (κ2) is 19.8. The highest BCUT2D eigenvalue weighted by molar-refractivity contribution is 6.12. The van der Waals surface area contributed by atoms with Crippen LogP contribution in [0.4, 0.5) is 0 Å². The second-order valence-electron chi connectivity index (χ2n) is 7.66. The molecule has 0 bridgehead atoms. The van der Waals surface area contributed by atoms with Gasteiger partial charge in [-0.15, -0.1) is 0 Å². The van der Waals surface area contributed by atoms with E-state index in [1.54, 1.807) is 0 Å². The van der Waals surface area contributed by atoms with Crippen LogP contribution in [0.2, 0.25) is 0 Å². The first kappa shape index (κ1) is 28.8. The van der Waals surface area contributed by atoms with E-state index >= 15 is 0 Å². The fraction of sp³-hybridized carbons (Fsp3) is 0.826. The molecule has 2 aliphatic rings. The first-order chi connectivity index (χ1) is 16.8. The van der Waals surface area contributed by atoms with Gasteiger partial charge in [-0.1, -0.05) is 0 Å². The highest BCUT2D eigenvalue weighted by Gasteiger charge is 2.22. The molecule has 0 aliphatic carbocycles. The van der Waals surface area contributed by atoms with Crippen LogP contribution in [0.3, 0.4) is 0 Å². The summed E-state index contributed by atoms with van der Waals surface area (Å²) >= 11 is 0. The molecule has 0 radical (unpaired) electrons. The van der Waals surface area contributed by atoms with Gasteiger partial charge in [0, 0.05) is 12.2 Å². The van der Waals surface area contributed by atoms with Crippen LogP contribution in [0.1, 0.15) is 12.8 Å². The summed E-state index contributed by atoms with van der Waals surface area (Å²) in [5.74, 6) is -0.596. The van der Waals surface area contributed by atoms with Gasteiger partial charge in [-0.2, -0.15) is 0 Å². The number of nitrogens with one attached hydrogen (secondary N) is 1. The Morgan fingerprint density at radius 3 is 1.44 bits per heavy atom. The summed E-state index contributed by atoms with van der Waals surface area (Å²) in [6.45, 7) is 8.72. The third-order valence-corrected chi connectivity index (χ3v) is 5.09. The molecular weight excluding hydrogens is 448 g/mol. The minimum atomic E-state index is -0.298. The van der Waals surface area contributed by atoms with E-state index in [4.69, 9.17) is 33.2 Å². The molecule has 0 aromatic heterocycles. The molecule has 2 heterocycles. The minimum absolute atomic E-state index is 0.251. The summed E-state index contributed by atoms with van der Waals surface area (Å²) < 4.78 is 38.3. The predicted molar refractivity (Wildman–Crippen MR) is 123 cm³/mol. The largest absolute Gasteiger partial charge is 0.377 e. The number of hydrogen-bond acceptors (Lipinski definition) is 10. The average Bonchev–Trinajstić information content (AvgIpc) is 3.17. The third kappa shape index (κ3) is 14.1. The maximum absolute atomic E-state index is 11.4. The topological polar surface area (TPSA) is 114 Å². The van der Waals surface area contributed by atoms with Gasteiger partial charge >= 0.3 is 0 Å². The number of hydrogen-bond donors (Lipinski definition) is 1. The molecule has 1 saturated heterocycles. The Morgan fingerprint density at radius 2 is 1.00 bits per heavy atom. The van der Waals surface area contributed by atoms with Crippen molar-refractivity contribution in [3.05, 3.63) is 12.2 Å². The number of carbonyl (C=O) groups excluding carboxylic acids is 2. The molecule has 2 aliphatic heterocycles. The molecule has 0 atom stereocenters. The van der Waals surface area contributed by atoms with Gasteiger partial charge in [0.2, 0.25) is 0 Å². The molecule has 34 heavy (non-hydrogen) atoms. The van der Waals surface area contributed by atoms with Crippen molar-refractivity contribution in [3.8, 4) is 0 Å². The molecule has 2 amide bonds. The summed E-state index contributed by atoms with van der Waals surface area (Å²) in [6, 6.07) is 0. The standard InChI is InChI=1S/C23H40N2O9/c26-22-1-2-23(27)25(22)7-8-28-9-10-29-11-12-30-13-14-31-15-16-32-17-18-33-19-20-34-21-3-5-24-6-4-21/h1-2,21,24H,3-20H2. The lowest BCUT2D eigenvalue weighted by Gasteiger charge is -2.22. The van der Waals surface area contributed by atoms with Crippen molar-refractivity contribution in [2.75, 3.05) is 106 Å². The molecule has 0 spiro atoms. The highest BCUT2D eigenvalue weighted by atomic mass is 16.6. The van der Waals surface area contributed by atoms with E-state index in [0.29, 0.717) is 92.0 Å². The van der Waals surface area contributed by atoms with Crippen LogP contribution in [-0.4, -0.2) is 128 Å². The number of piperidine rings is 1.